The smallest absolute Gasteiger partial charge is 0.273 e. The minimum atomic E-state index is -0.782. The lowest BCUT2D eigenvalue weighted by atomic mass is 9.71. The second kappa shape index (κ2) is 9.71. The summed E-state index contributed by atoms with van der Waals surface area (Å²) in [5, 5.41) is 0.209. The van der Waals surface area contributed by atoms with Crippen LogP contribution in [0.5, 0.6) is 0 Å². The quantitative estimate of drug-likeness (QED) is 0.616. The summed E-state index contributed by atoms with van der Waals surface area (Å²) in [5.41, 5.74) is 5.30. The molecule has 2 aromatic rings. The van der Waals surface area contributed by atoms with Gasteiger partial charge in [0, 0.05) is 26.2 Å². The van der Waals surface area contributed by atoms with Crippen molar-refractivity contribution in [2.24, 2.45) is 11.1 Å². The monoisotopic (exact) mass is 491 g/mol. The lowest BCUT2D eigenvalue weighted by Crippen LogP contribution is -2.47. The molecule has 4 rings (SSSR count). The van der Waals surface area contributed by atoms with Gasteiger partial charge in [-0.15, -0.1) is 0 Å². The number of H-pyrrole nitrogens is 1. The number of aromatic nitrogens is 2. The van der Waals surface area contributed by atoms with Crippen LogP contribution in [0.15, 0.2) is 24.5 Å². The van der Waals surface area contributed by atoms with E-state index in [4.69, 9.17) is 22.1 Å². The fourth-order valence-electron chi connectivity index (χ4n) is 5.11. The van der Waals surface area contributed by atoms with Gasteiger partial charge in [0.25, 0.3) is 11.8 Å². The van der Waals surface area contributed by atoms with Crippen molar-refractivity contribution in [2.75, 3.05) is 31.7 Å². The number of primary amides is 1. The molecule has 3 N–H and O–H groups in total. The predicted molar refractivity (Wildman–Crippen MR) is 123 cm³/mol. The number of aromatic amines is 1. The third-order valence-electron chi connectivity index (χ3n) is 6.95. The number of halogens is 2. The molecule has 3 amide bonds. The van der Waals surface area contributed by atoms with Crippen LogP contribution in [-0.4, -0.2) is 65.4 Å². The van der Waals surface area contributed by atoms with E-state index in [1.165, 1.54) is 24.5 Å². The number of nitrogens with zero attached hydrogens (tertiary/aromatic N) is 3. The molecule has 1 aromatic carbocycles. The van der Waals surface area contributed by atoms with Crippen LogP contribution in [0, 0.1) is 11.2 Å². The zero-order chi connectivity index (χ0) is 24.5. The fourth-order valence-corrected chi connectivity index (χ4v) is 5.38. The summed E-state index contributed by atoms with van der Waals surface area (Å²) in [6, 6.07) is 3.91. The predicted octanol–water partition coefficient (Wildman–Crippen LogP) is 2.76. The maximum Gasteiger partial charge on any atom is 0.273 e. The van der Waals surface area contributed by atoms with E-state index in [-0.39, 0.29) is 34.3 Å². The standard InChI is InChI=1S/C23H27ClFN5O4/c1-34-11-10-29(21(32)19-18(20(26)31)27-13-28-19)15-4-6-23(7-5-15)8-9-30(22(23)33)17-3-2-14(25)12-16(17)24/h2-3,12-13,15H,4-11H2,1H3,(H2,26,31)(H,27,28). The molecule has 2 aliphatic rings. The third kappa shape index (κ3) is 4.39. The van der Waals surface area contributed by atoms with Crippen LogP contribution in [0.1, 0.15) is 53.1 Å². The normalized spacial score (nSPS) is 22.4. The van der Waals surface area contributed by atoms with Crippen molar-refractivity contribution in [3.05, 3.63) is 46.8 Å². The number of methoxy groups -OCH3 is 1. The van der Waals surface area contributed by atoms with Crippen molar-refractivity contribution in [1.29, 1.82) is 0 Å². The summed E-state index contributed by atoms with van der Waals surface area (Å²) < 4.78 is 18.7. The first-order chi connectivity index (χ1) is 16.3. The van der Waals surface area contributed by atoms with Crippen molar-refractivity contribution in [3.63, 3.8) is 0 Å². The molecule has 0 unspecified atom stereocenters. The van der Waals surface area contributed by atoms with Crippen LogP contribution in [-0.2, 0) is 9.53 Å². The Labute approximate surface area is 201 Å². The highest BCUT2D eigenvalue weighted by Crippen LogP contribution is 2.47. The molecule has 1 aromatic heterocycles. The van der Waals surface area contributed by atoms with Gasteiger partial charge in [-0.25, -0.2) is 9.37 Å². The number of rotatable bonds is 7. The zero-order valence-corrected chi connectivity index (χ0v) is 19.6. The first-order valence-corrected chi connectivity index (χ1v) is 11.6. The Bertz CT molecular complexity index is 1100. The topological polar surface area (TPSA) is 122 Å². The van der Waals surface area contributed by atoms with Crippen LogP contribution in [0.2, 0.25) is 5.02 Å². The van der Waals surface area contributed by atoms with Gasteiger partial charge in [-0.1, -0.05) is 11.6 Å². The average molecular weight is 492 g/mol. The van der Waals surface area contributed by atoms with Crippen molar-refractivity contribution < 1.29 is 23.5 Å². The maximum atomic E-state index is 13.5. The minimum Gasteiger partial charge on any atom is -0.383 e. The first kappa shape index (κ1) is 24.2. The maximum absolute atomic E-state index is 13.5. The summed E-state index contributed by atoms with van der Waals surface area (Å²) in [6.45, 7) is 1.16. The summed E-state index contributed by atoms with van der Waals surface area (Å²) in [5.74, 6) is -1.62. The van der Waals surface area contributed by atoms with Gasteiger partial charge in [-0.05, 0) is 50.3 Å². The zero-order valence-electron chi connectivity index (χ0n) is 18.9. The van der Waals surface area contributed by atoms with E-state index in [2.05, 4.69) is 9.97 Å². The summed E-state index contributed by atoms with van der Waals surface area (Å²) in [4.78, 5) is 48.3. The molecule has 1 saturated heterocycles. The number of hydrogen-bond acceptors (Lipinski definition) is 5. The van der Waals surface area contributed by atoms with Gasteiger partial charge in [-0.3, -0.25) is 14.4 Å². The lowest BCUT2D eigenvalue weighted by molar-refractivity contribution is -0.127. The fraction of sp³-hybridized carbons (Fsp3) is 0.478. The number of carbonyl (C=O) groups excluding carboxylic acids is 3. The van der Waals surface area contributed by atoms with Gasteiger partial charge in [0.1, 0.15) is 11.5 Å². The Morgan fingerprint density at radius 3 is 2.74 bits per heavy atom. The van der Waals surface area contributed by atoms with Gasteiger partial charge in [-0.2, -0.15) is 0 Å². The SMILES string of the molecule is COCCN(C(=O)c1[nH]cnc1C(N)=O)C1CCC2(CC1)CCN(c1ccc(F)cc1Cl)C2=O. The summed E-state index contributed by atoms with van der Waals surface area (Å²) in [7, 11) is 1.55. The van der Waals surface area contributed by atoms with Crippen molar-refractivity contribution in [2.45, 2.75) is 38.1 Å². The highest BCUT2D eigenvalue weighted by atomic mass is 35.5. The largest absolute Gasteiger partial charge is 0.383 e. The van der Waals surface area contributed by atoms with E-state index < -0.39 is 17.1 Å². The molecular formula is C23H27ClFN5O4. The van der Waals surface area contributed by atoms with Gasteiger partial charge >= 0.3 is 0 Å². The molecule has 2 fully saturated rings. The van der Waals surface area contributed by atoms with E-state index in [0.717, 1.165) is 0 Å². The minimum absolute atomic E-state index is 0.0150. The Kier molecular flexibility index (Phi) is 6.90. The Morgan fingerprint density at radius 2 is 2.09 bits per heavy atom. The molecule has 182 valence electrons. The van der Waals surface area contributed by atoms with Crippen molar-refractivity contribution >= 4 is 35.0 Å². The lowest BCUT2D eigenvalue weighted by Gasteiger charge is -2.40. The van der Waals surface area contributed by atoms with E-state index >= 15 is 0 Å². The number of nitrogens with two attached hydrogens (primary N) is 1. The van der Waals surface area contributed by atoms with Crippen LogP contribution >= 0.6 is 11.6 Å². The van der Waals surface area contributed by atoms with Crippen LogP contribution in [0.25, 0.3) is 0 Å². The summed E-state index contributed by atoms with van der Waals surface area (Å²) >= 11 is 6.20. The van der Waals surface area contributed by atoms with E-state index in [0.29, 0.717) is 57.5 Å². The second-order valence-electron chi connectivity index (χ2n) is 8.80. The van der Waals surface area contributed by atoms with Crippen LogP contribution in [0.3, 0.4) is 0 Å². The van der Waals surface area contributed by atoms with Gasteiger partial charge in [0.2, 0.25) is 5.91 Å². The Morgan fingerprint density at radius 1 is 1.35 bits per heavy atom. The number of carbonyl (C=O) groups is 3. The highest BCUT2D eigenvalue weighted by Gasteiger charge is 2.50. The number of nitrogens with one attached hydrogen (secondary N) is 1. The van der Waals surface area contributed by atoms with Gasteiger partial charge in [0.05, 0.1) is 29.1 Å². The molecule has 1 aliphatic carbocycles. The number of amides is 3. The third-order valence-corrected chi connectivity index (χ3v) is 7.25. The molecule has 1 spiro atoms. The molecule has 1 saturated carbocycles. The molecule has 34 heavy (non-hydrogen) atoms. The molecular weight excluding hydrogens is 465 g/mol. The van der Waals surface area contributed by atoms with Crippen molar-refractivity contribution in [1.82, 2.24) is 14.9 Å². The molecule has 0 bridgehead atoms. The number of hydrogen-bond donors (Lipinski definition) is 2. The van der Waals surface area contributed by atoms with Crippen LogP contribution < -0.4 is 10.6 Å². The molecule has 0 atom stereocenters. The van der Waals surface area contributed by atoms with Gasteiger partial charge in [0.15, 0.2) is 5.69 Å². The second-order valence-corrected chi connectivity index (χ2v) is 9.20. The molecule has 0 radical (unpaired) electrons. The molecule has 1 aliphatic heterocycles. The number of imidazole rings is 1. The molecule has 11 heteroatoms. The number of anilines is 1. The van der Waals surface area contributed by atoms with E-state index in [1.54, 1.807) is 16.9 Å². The van der Waals surface area contributed by atoms with Crippen molar-refractivity contribution in [3.8, 4) is 0 Å². The highest BCUT2D eigenvalue weighted by molar-refractivity contribution is 6.34. The van der Waals surface area contributed by atoms with Crippen LogP contribution in [0.4, 0.5) is 10.1 Å². The average Bonchev–Trinajstić information content (AvgIpc) is 3.42. The van der Waals surface area contributed by atoms with Gasteiger partial charge < -0.3 is 25.3 Å². The molecule has 9 nitrogen and oxygen atoms in total. The van der Waals surface area contributed by atoms with E-state index in [1.807, 2.05) is 0 Å². The Balaban J connectivity index is 1.49. The summed E-state index contributed by atoms with van der Waals surface area (Å²) in [6.07, 6.45) is 4.38. The Hall–Kier alpha value is -2.98. The number of benzene rings is 1. The van der Waals surface area contributed by atoms with E-state index in [9.17, 15) is 18.8 Å². The number of ether oxygens (including phenoxy) is 1. The molecule has 2 heterocycles. The first-order valence-electron chi connectivity index (χ1n) is 11.2.